The van der Waals surface area contributed by atoms with Crippen molar-refractivity contribution in [1.29, 1.82) is 0 Å². The zero-order chi connectivity index (χ0) is 15.1. The predicted molar refractivity (Wildman–Crippen MR) is 88.2 cm³/mol. The van der Waals surface area contributed by atoms with Gasteiger partial charge in [-0.1, -0.05) is 12.1 Å². The minimum Gasteiger partial charge on any atom is -0.450 e. The van der Waals surface area contributed by atoms with Crippen LogP contribution in [-0.2, 0) is 6.54 Å². The van der Waals surface area contributed by atoms with Gasteiger partial charge in [0, 0.05) is 10.3 Å². The Kier molecular flexibility index (Phi) is 3.04. The van der Waals surface area contributed by atoms with Crippen LogP contribution in [0, 0.1) is 13.8 Å². The summed E-state index contributed by atoms with van der Waals surface area (Å²) < 4.78 is 5.90. The monoisotopic (exact) mass is 310 g/mol. The van der Waals surface area contributed by atoms with Crippen molar-refractivity contribution in [3.8, 4) is 0 Å². The number of aromatic nitrogens is 3. The maximum absolute atomic E-state index is 5.90. The third kappa shape index (κ3) is 2.12. The molecule has 0 amide bonds. The molecule has 3 heterocycles. The molecule has 0 atom stereocenters. The first-order chi connectivity index (χ1) is 10.7. The fourth-order valence-electron chi connectivity index (χ4n) is 2.55. The molecule has 0 saturated heterocycles. The molecule has 0 saturated carbocycles. The summed E-state index contributed by atoms with van der Waals surface area (Å²) in [6.07, 6.45) is 1.56. The number of furan rings is 1. The molecule has 0 aliphatic heterocycles. The minimum absolute atomic E-state index is 0.624. The van der Waals surface area contributed by atoms with Gasteiger partial charge < -0.3 is 9.73 Å². The molecular formula is C16H14N4OS. The average Bonchev–Trinajstić information content (AvgIpc) is 3.05. The van der Waals surface area contributed by atoms with Gasteiger partial charge >= 0.3 is 0 Å². The number of para-hydroxylation sites is 1. The Balaban J connectivity index is 1.74. The van der Waals surface area contributed by atoms with Crippen molar-refractivity contribution in [2.75, 3.05) is 5.32 Å². The van der Waals surface area contributed by atoms with Gasteiger partial charge in [-0.3, -0.25) is 0 Å². The van der Waals surface area contributed by atoms with Crippen LogP contribution < -0.4 is 5.32 Å². The molecule has 0 bridgehead atoms. The van der Waals surface area contributed by atoms with Gasteiger partial charge in [0.15, 0.2) is 11.4 Å². The van der Waals surface area contributed by atoms with Crippen LogP contribution in [0.15, 0.2) is 35.0 Å². The van der Waals surface area contributed by atoms with Gasteiger partial charge in [-0.15, -0.1) is 11.3 Å². The second kappa shape index (κ2) is 5.06. The summed E-state index contributed by atoms with van der Waals surface area (Å²) in [5.74, 6) is 0.700. The summed E-state index contributed by atoms with van der Waals surface area (Å²) in [7, 11) is 0. The number of thiazole rings is 1. The molecule has 22 heavy (non-hydrogen) atoms. The molecule has 0 unspecified atom stereocenters. The minimum atomic E-state index is 0.624. The van der Waals surface area contributed by atoms with E-state index in [-0.39, 0.29) is 0 Å². The molecule has 6 heteroatoms. The summed E-state index contributed by atoms with van der Waals surface area (Å²) in [4.78, 5) is 14.4. The van der Waals surface area contributed by atoms with Crippen molar-refractivity contribution in [3.63, 3.8) is 0 Å². The number of hydrogen-bond acceptors (Lipinski definition) is 6. The lowest BCUT2D eigenvalue weighted by Gasteiger charge is -2.04. The van der Waals surface area contributed by atoms with Gasteiger partial charge in [0.1, 0.15) is 17.4 Å². The standard InChI is InChI=1S/C16H14N4OS/c1-9-12(20-10(2)22-9)7-17-16-15-14(18-8-19-16)11-5-3-4-6-13(11)21-15/h3-6,8H,7H2,1-2H3,(H,17,18,19). The van der Waals surface area contributed by atoms with Crippen molar-refractivity contribution in [2.45, 2.75) is 20.4 Å². The Morgan fingerprint density at radius 1 is 1.18 bits per heavy atom. The predicted octanol–water partition coefficient (Wildman–Crippen LogP) is 4.06. The van der Waals surface area contributed by atoms with Crippen molar-refractivity contribution >= 4 is 39.2 Å². The van der Waals surface area contributed by atoms with Crippen LogP contribution in [0.25, 0.3) is 22.1 Å². The second-order valence-corrected chi connectivity index (χ2v) is 6.49. The van der Waals surface area contributed by atoms with Crippen LogP contribution in [0.1, 0.15) is 15.6 Å². The van der Waals surface area contributed by atoms with Crippen molar-refractivity contribution in [2.24, 2.45) is 0 Å². The molecule has 4 aromatic rings. The largest absolute Gasteiger partial charge is 0.450 e. The fraction of sp³-hybridized carbons (Fsp3) is 0.188. The fourth-order valence-corrected chi connectivity index (χ4v) is 3.39. The third-order valence-electron chi connectivity index (χ3n) is 3.58. The number of benzene rings is 1. The molecule has 110 valence electrons. The Morgan fingerprint density at radius 2 is 2.05 bits per heavy atom. The number of aryl methyl sites for hydroxylation is 2. The lowest BCUT2D eigenvalue weighted by molar-refractivity contribution is 0.666. The molecule has 0 aliphatic carbocycles. The zero-order valence-corrected chi connectivity index (χ0v) is 13.1. The Morgan fingerprint density at radius 3 is 2.86 bits per heavy atom. The van der Waals surface area contributed by atoms with Crippen LogP contribution in [0.2, 0.25) is 0 Å². The van der Waals surface area contributed by atoms with Crippen LogP contribution in [0.3, 0.4) is 0 Å². The Labute approximate surface area is 131 Å². The topological polar surface area (TPSA) is 63.8 Å². The molecule has 0 fully saturated rings. The van der Waals surface area contributed by atoms with E-state index in [1.807, 2.05) is 31.2 Å². The lowest BCUT2D eigenvalue weighted by Crippen LogP contribution is -2.03. The van der Waals surface area contributed by atoms with Crippen LogP contribution in [0.4, 0.5) is 5.82 Å². The van der Waals surface area contributed by atoms with E-state index in [1.165, 1.54) is 4.88 Å². The van der Waals surface area contributed by atoms with E-state index in [0.717, 1.165) is 27.2 Å². The van der Waals surface area contributed by atoms with Crippen LogP contribution in [0.5, 0.6) is 0 Å². The first-order valence-electron chi connectivity index (χ1n) is 7.01. The van der Waals surface area contributed by atoms with Gasteiger partial charge in [-0.2, -0.15) is 0 Å². The van der Waals surface area contributed by atoms with Crippen molar-refractivity contribution in [1.82, 2.24) is 15.0 Å². The molecule has 3 aromatic heterocycles. The van der Waals surface area contributed by atoms with Gasteiger partial charge in [-0.05, 0) is 26.0 Å². The van der Waals surface area contributed by atoms with E-state index >= 15 is 0 Å². The molecular weight excluding hydrogens is 296 g/mol. The van der Waals surface area contributed by atoms with E-state index < -0.39 is 0 Å². The van der Waals surface area contributed by atoms with E-state index in [9.17, 15) is 0 Å². The SMILES string of the molecule is Cc1nc(CNc2ncnc3c2oc2ccccc23)c(C)s1. The van der Waals surface area contributed by atoms with Gasteiger partial charge in [0.05, 0.1) is 17.2 Å². The highest BCUT2D eigenvalue weighted by Gasteiger charge is 2.13. The highest BCUT2D eigenvalue weighted by atomic mass is 32.1. The Hall–Kier alpha value is -2.47. The first kappa shape index (κ1) is 13.2. The van der Waals surface area contributed by atoms with Gasteiger partial charge in [-0.25, -0.2) is 15.0 Å². The van der Waals surface area contributed by atoms with Crippen LogP contribution in [-0.4, -0.2) is 15.0 Å². The molecule has 0 aliphatic rings. The van der Waals surface area contributed by atoms with Crippen molar-refractivity contribution in [3.05, 3.63) is 46.2 Å². The number of nitrogens with zero attached hydrogens (tertiary/aromatic N) is 3. The van der Waals surface area contributed by atoms with Crippen molar-refractivity contribution < 1.29 is 4.42 Å². The molecule has 0 radical (unpaired) electrons. The molecule has 0 spiro atoms. The average molecular weight is 310 g/mol. The second-order valence-electron chi connectivity index (χ2n) is 5.09. The highest BCUT2D eigenvalue weighted by Crippen LogP contribution is 2.30. The van der Waals surface area contributed by atoms with Gasteiger partial charge in [0.25, 0.3) is 0 Å². The smallest absolute Gasteiger partial charge is 0.196 e. The number of hydrogen-bond donors (Lipinski definition) is 1. The molecule has 1 N–H and O–H groups in total. The summed E-state index contributed by atoms with van der Waals surface area (Å²) >= 11 is 1.70. The maximum atomic E-state index is 5.90. The molecule has 5 nitrogen and oxygen atoms in total. The number of fused-ring (bicyclic) bond motifs is 3. The summed E-state index contributed by atoms with van der Waals surface area (Å²) in [6, 6.07) is 7.88. The van der Waals surface area contributed by atoms with Crippen LogP contribution >= 0.6 is 11.3 Å². The summed E-state index contributed by atoms with van der Waals surface area (Å²) in [6.45, 7) is 4.72. The number of nitrogens with one attached hydrogen (secondary N) is 1. The molecule has 4 rings (SSSR count). The number of anilines is 1. The third-order valence-corrected chi connectivity index (χ3v) is 4.51. The zero-order valence-electron chi connectivity index (χ0n) is 12.3. The van der Waals surface area contributed by atoms with E-state index in [1.54, 1.807) is 17.7 Å². The van der Waals surface area contributed by atoms with E-state index in [2.05, 4.69) is 27.2 Å². The van der Waals surface area contributed by atoms with E-state index in [0.29, 0.717) is 17.9 Å². The maximum Gasteiger partial charge on any atom is 0.196 e. The molecule has 1 aromatic carbocycles. The highest BCUT2D eigenvalue weighted by molar-refractivity contribution is 7.11. The normalized spacial score (nSPS) is 11.4. The summed E-state index contributed by atoms with van der Waals surface area (Å²) in [5, 5.41) is 5.40. The lowest BCUT2D eigenvalue weighted by atomic mass is 10.2. The quantitative estimate of drug-likeness (QED) is 0.618. The summed E-state index contributed by atoms with van der Waals surface area (Å²) in [5.41, 5.74) is 3.39. The number of rotatable bonds is 3. The van der Waals surface area contributed by atoms with Gasteiger partial charge in [0.2, 0.25) is 0 Å². The first-order valence-corrected chi connectivity index (χ1v) is 7.83. The van der Waals surface area contributed by atoms with E-state index in [4.69, 9.17) is 4.42 Å². The Bertz CT molecular complexity index is 973.